The second-order valence-electron chi connectivity index (χ2n) is 4.75. The fourth-order valence-corrected chi connectivity index (χ4v) is 3.20. The molecule has 0 radical (unpaired) electrons. The fraction of sp³-hybridized carbons (Fsp3) is 0.500. The van der Waals surface area contributed by atoms with Crippen molar-refractivity contribution in [2.24, 2.45) is 0 Å². The highest BCUT2D eigenvalue weighted by molar-refractivity contribution is 8.00. The molecule has 1 aliphatic rings. The Morgan fingerprint density at radius 3 is 2.50 bits per heavy atom. The number of halogens is 1. The first-order chi connectivity index (χ1) is 8.69. The van der Waals surface area contributed by atoms with Gasteiger partial charge >= 0.3 is 0 Å². The smallest absolute Gasteiger partial charge is 0.251 e. The van der Waals surface area contributed by atoms with Crippen LogP contribution in [-0.4, -0.2) is 23.5 Å². The van der Waals surface area contributed by atoms with Crippen LogP contribution in [0.3, 0.4) is 0 Å². The molecule has 0 aliphatic heterocycles. The van der Waals surface area contributed by atoms with E-state index in [2.05, 4.69) is 11.6 Å². The monoisotopic (exact) mass is 283 g/mol. The van der Waals surface area contributed by atoms with Gasteiger partial charge in [0.1, 0.15) is 0 Å². The summed E-state index contributed by atoms with van der Waals surface area (Å²) in [6.07, 6.45) is 5.82. The number of carbonyl (C=O) groups excluding carboxylic acids is 1. The number of benzene rings is 1. The van der Waals surface area contributed by atoms with Gasteiger partial charge in [-0.15, -0.1) is 11.6 Å². The third-order valence-corrected chi connectivity index (χ3v) is 5.37. The summed E-state index contributed by atoms with van der Waals surface area (Å²) in [7, 11) is 0. The zero-order valence-electron chi connectivity index (χ0n) is 10.5. The molecule has 18 heavy (non-hydrogen) atoms. The first kappa shape index (κ1) is 13.8. The Morgan fingerprint density at radius 2 is 2.06 bits per heavy atom. The predicted octanol–water partition coefficient (Wildman–Crippen LogP) is 3.44. The van der Waals surface area contributed by atoms with E-state index in [9.17, 15) is 4.79 Å². The molecule has 0 heterocycles. The van der Waals surface area contributed by atoms with E-state index in [1.807, 2.05) is 36.0 Å². The van der Waals surface area contributed by atoms with Crippen molar-refractivity contribution in [1.82, 2.24) is 5.32 Å². The number of nitrogens with one attached hydrogen (secondary N) is 1. The molecule has 4 heteroatoms. The third kappa shape index (κ3) is 3.01. The normalized spacial score (nSPS) is 17.0. The second kappa shape index (κ2) is 5.98. The lowest BCUT2D eigenvalue weighted by molar-refractivity contribution is 0.0944. The Labute approximate surface area is 117 Å². The molecule has 0 unspecified atom stereocenters. The van der Waals surface area contributed by atoms with Gasteiger partial charge in [-0.25, -0.2) is 0 Å². The number of amides is 1. The van der Waals surface area contributed by atoms with Gasteiger partial charge in [0.05, 0.1) is 0 Å². The largest absolute Gasteiger partial charge is 0.351 e. The number of carbonyl (C=O) groups is 1. The summed E-state index contributed by atoms with van der Waals surface area (Å²) in [5.41, 5.74) is 1.74. The Bertz CT molecular complexity index is 409. The molecule has 2 rings (SSSR count). The topological polar surface area (TPSA) is 29.1 Å². The van der Waals surface area contributed by atoms with Gasteiger partial charge in [-0.05, 0) is 36.8 Å². The number of rotatable bonds is 5. The van der Waals surface area contributed by atoms with Crippen LogP contribution < -0.4 is 5.32 Å². The molecule has 0 spiro atoms. The average molecular weight is 284 g/mol. The van der Waals surface area contributed by atoms with Crippen LogP contribution in [0.2, 0.25) is 0 Å². The van der Waals surface area contributed by atoms with Gasteiger partial charge in [-0.1, -0.05) is 18.6 Å². The van der Waals surface area contributed by atoms with Crippen LogP contribution in [0, 0.1) is 0 Å². The van der Waals surface area contributed by atoms with Crippen LogP contribution in [0.4, 0.5) is 0 Å². The van der Waals surface area contributed by atoms with Gasteiger partial charge < -0.3 is 5.32 Å². The molecule has 1 fully saturated rings. The summed E-state index contributed by atoms with van der Waals surface area (Å²) in [6.45, 7) is 0.768. The fourth-order valence-electron chi connectivity index (χ4n) is 2.11. The van der Waals surface area contributed by atoms with Gasteiger partial charge in [-0.3, -0.25) is 4.79 Å². The second-order valence-corrected chi connectivity index (χ2v) is 6.30. The summed E-state index contributed by atoms with van der Waals surface area (Å²) in [6, 6.07) is 7.46. The van der Waals surface area contributed by atoms with E-state index in [1.54, 1.807) is 0 Å². The van der Waals surface area contributed by atoms with Crippen molar-refractivity contribution < 1.29 is 4.79 Å². The zero-order chi connectivity index (χ0) is 13.0. The molecule has 0 aromatic heterocycles. The highest BCUT2D eigenvalue weighted by atomic mass is 35.5. The minimum absolute atomic E-state index is 0.0106. The van der Waals surface area contributed by atoms with Crippen LogP contribution >= 0.6 is 23.4 Å². The zero-order valence-corrected chi connectivity index (χ0v) is 12.1. The summed E-state index contributed by atoms with van der Waals surface area (Å²) in [4.78, 5) is 12.0. The molecule has 2 nitrogen and oxygen atoms in total. The van der Waals surface area contributed by atoms with Crippen molar-refractivity contribution in [1.29, 1.82) is 0 Å². The summed E-state index contributed by atoms with van der Waals surface area (Å²) in [5, 5.41) is 3.04. The van der Waals surface area contributed by atoms with E-state index in [0.29, 0.717) is 11.4 Å². The van der Waals surface area contributed by atoms with Crippen LogP contribution in [0.5, 0.6) is 0 Å². The van der Waals surface area contributed by atoms with Crippen molar-refractivity contribution in [2.75, 3.05) is 12.8 Å². The van der Waals surface area contributed by atoms with Gasteiger partial charge in [0.2, 0.25) is 0 Å². The number of hydrogen-bond acceptors (Lipinski definition) is 2. The van der Waals surface area contributed by atoms with Crippen LogP contribution in [-0.2, 0) is 5.88 Å². The summed E-state index contributed by atoms with van der Waals surface area (Å²) in [5.74, 6) is 0.494. The molecule has 1 aliphatic carbocycles. The van der Waals surface area contributed by atoms with Crippen molar-refractivity contribution in [3.8, 4) is 0 Å². The maximum absolute atomic E-state index is 12.0. The first-order valence-electron chi connectivity index (χ1n) is 6.17. The van der Waals surface area contributed by atoms with Crippen molar-refractivity contribution >= 4 is 29.3 Å². The lowest BCUT2D eigenvalue weighted by atomic mass is 9.84. The Morgan fingerprint density at radius 1 is 1.39 bits per heavy atom. The number of thioether (sulfide) groups is 1. The standard InChI is InChI=1S/C14H18ClNOS/c1-18-14(7-2-8-14)10-16-13(17)12-5-3-11(9-15)4-6-12/h3-6H,2,7-10H2,1H3,(H,16,17). The molecule has 0 atom stereocenters. The lowest BCUT2D eigenvalue weighted by Gasteiger charge is -2.40. The van der Waals surface area contributed by atoms with Crippen LogP contribution in [0.15, 0.2) is 24.3 Å². The molecule has 1 saturated carbocycles. The number of hydrogen-bond donors (Lipinski definition) is 1. The van der Waals surface area contributed by atoms with E-state index in [0.717, 1.165) is 12.1 Å². The predicted molar refractivity (Wildman–Crippen MR) is 78.4 cm³/mol. The molecule has 1 aromatic rings. The van der Waals surface area contributed by atoms with Gasteiger partial charge in [0, 0.05) is 22.7 Å². The van der Waals surface area contributed by atoms with E-state index < -0.39 is 0 Å². The Balaban J connectivity index is 1.90. The average Bonchev–Trinajstić information content (AvgIpc) is 2.38. The van der Waals surface area contributed by atoms with Gasteiger partial charge in [0.25, 0.3) is 5.91 Å². The highest BCUT2D eigenvalue weighted by Crippen LogP contribution is 2.42. The maximum atomic E-state index is 12.0. The van der Waals surface area contributed by atoms with E-state index in [1.165, 1.54) is 19.3 Å². The molecule has 1 N–H and O–H groups in total. The van der Waals surface area contributed by atoms with Gasteiger partial charge in [-0.2, -0.15) is 11.8 Å². The van der Waals surface area contributed by atoms with Crippen molar-refractivity contribution in [2.45, 2.75) is 29.9 Å². The van der Waals surface area contributed by atoms with Gasteiger partial charge in [0.15, 0.2) is 0 Å². The van der Waals surface area contributed by atoms with E-state index in [-0.39, 0.29) is 10.7 Å². The Kier molecular flexibility index (Phi) is 4.57. The minimum Gasteiger partial charge on any atom is -0.351 e. The minimum atomic E-state index is 0.0106. The lowest BCUT2D eigenvalue weighted by Crippen LogP contribution is -2.45. The quantitative estimate of drug-likeness (QED) is 0.839. The molecule has 1 aromatic carbocycles. The Hall–Kier alpha value is -0.670. The molecule has 1 amide bonds. The molecule has 0 bridgehead atoms. The van der Waals surface area contributed by atoms with E-state index >= 15 is 0 Å². The SMILES string of the molecule is CSC1(CNC(=O)c2ccc(CCl)cc2)CCC1. The molecular weight excluding hydrogens is 266 g/mol. The van der Waals surface area contributed by atoms with Crippen LogP contribution in [0.25, 0.3) is 0 Å². The van der Waals surface area contributed by atoms with E-state index in [4.69, 9.17) is 11.6 Å². The molecule has 98 valence electrons. The van der Waals surface area contributed by atoms with Crippen LogP contribution in [0.1, 0.15) is 35.2 Å². The summed E-state index contributed by atoms with van der Waals surface area (Å²) >= 11 is 7.59. The maximum Gasteiger partial charge on any atom is 0.251 e. The molecular formula is C14H18ClNOS. The van der Waals surface area contributed by atoms with Crippen molar-refractivity contribution in [3.63, 3.8) is 0 Å². The van der Waals surface area contributed by atoms with Crippen molar-refractivity contribution in [3.05, 3.63) is 35.4 Å². The first-order valence-corrected chi connectivity index (χ1v) is 7.93. The highest BCUT2D eigenvalue weighted by Gasteiger charge is 2.36. The summed E-state index contributed by atoms with van der Waals surface area (Å²) < 4.78 is 0.283. The number of alkyl halides is 1. The molecule has 0 saturated heterocycles. The third-order valence-electron chi connectivity index (χ3n) is 3.64.